The van der Waals surface area contributed by atoms with E-state index >= 15 is 0 Å². The first-order valence-corrected chi connectivity index (χ1v) is 9.53. The van der Waals surface area contributed by atoms with Crippen LogP contribution in [0.3, 0.4) is 0 Å². The Morgan fingerprint density at radius 2 is 1.96 bits per heavy atom. The highest BCUT2D eigenvalue weighted by atomic mass is 32.2. The molecule has 132 valence electrons. The van der Waals surface area contributed by atoms with Crippen molar-refractivity contribution in [2.24, 2.45) is 0 Å². The topological polar surface area (TPSA) is 52.1 Å². The number of thioether (sulfide) groups is 1. The molecule has 0 fully saturated rings. The zero-order valence-corrected chi connectivity index (χ0v) is 15.6. The lowest BCUT2D eigenvalue weighted by molar-refractivity contribution is -0.108. The number of ether oxygens (including phenoxy) is 1. The highest BCUT2D eigenvalue weighted by molar-refractivity contribution is 7.98. The lowest BCUT2D eigenvalue weighted by Crippen LogP contribution is -2.07. The van der Waals surface area contributed by atoms with E-state index in [1.54, 1.807) is 12.3 Å². The van der Waals surface area contributed by atoms with Gasteiger partial charge < -0.3 is 9.53 Å². The Bertz CT molecular complexity index is 884. The van der Waals surface area contributed by atoms with Gasteiger partial charge in [-0.1, -0.05) is 54.2 Å². The van der Waals surface area contributed by atoms with Crippen molar-refractivity contribution < 1.29 is 9.53 Å². The fraction of sp³-hybridized carbons (Fsp3) is 0.190. The molecule has 0 N–H and O–H groups in total. The molecule has 2 aromatic carbocycles. The highest BCUT2D eigenvalue weighted by Gasteiger charge is 2.17. The van der Waals surface area contributed by atoms with Crippen molar-refractivity contribution >= 4 is 18.0 Å². The molecule has 0 aliphatic carbocycles. The Kier molecular flexibility index (Phi) is 6.02. The van der Waals surface area contributed by atoms with Crippen molar-refractivity contribution in [1.29, 1.82) is 0 Å². The zero-order chi connectivity index (χ0) is 18.4. The molecule has 0 amide bonds. The summed E-state index contributed by atoms with van der Waals surface area (Å²) >= 11 is 1.45. The smallest absolute Gasteiger partial charge is 0.187 e. The van der Waals surface area contributed by atoms with Crippen molar-refractivity contribution in [1.82, 2.24) is 9.97 Å². The SMILES string of the molecule is CSc1nccc(C(C=O)c2ccc(C)c(OCc3ccccc3)c2)n1. The molecule has 0 aliphatic rings. The maximum atomic E-state index is 11.8. The molecule has 4 nitrogen and oxygen atoms in total. The van der Waals surface area contributed by atoms with Gasteiger partial charge in [-0.2, -0.15) is 0 Å². The van der Waals surface area contributed by atoms with Crippen LogP contribution in [0.4, 0.5) is 0 Å². The second-order valence-corrected chi connectivity index (χ2v) is 6.65. The Labute approximate surface area is 157 Å². The van der Waals surface area contributed by atoms with Crippen molar-refractivity contribution in [3.8, 4) is 5.75 Å². The number of aromatic nitrogens is 2. The van der Waals surface area contributed by atoms with E-state index in [4.69, 9.17) is 4.74 Å². The zero-order valence-electron chi connectivity index (χ0n) is 14.8. The van der Waals surface area contributed by atoms with Gasteiger partial charge in [0.1, 0.15) is 18.6 Å². The standard InChI is InChI=1S/C21H20N2O2S/c1-15-8-9-17(12-20(15)25-14-16-6-4-3-5-7-16)18(13-24)19-10-11-22-21(23-19)26-2/h3-13,18H,14H2,1-2H3. The molecule has 3 rings (SSSR count). The molecule has 0 aliphatic heterocycles. The summed E-state index contributed by atoms with van der Waals surface area (Å²) in [7, 11) is 0. The molecule has 0 spiro atoms. The largest absolute Gasteiger partial charge is 0.489 e. The van der Waals surface area contributed by atoms with Crippen LogP contribution in [-0.4, -0.2) is 22.5 Å². The number of nitrogens with zero attached hydrogens (tertiary/aromatic N) is 2. The summed E-state index contributed by atoms with van der Waals surface area (Å²) in [6.45, 7) is 2.48. The minimum absolute atomic E-state index is 0.441. The summed E-state index contributed by atoms with van der Waals surface area (Å²) in [5, 5.41) is 0.655. The molecule has 0 bridgehead atoms. The van der Waals surface area contributed by atoms with Crippen molar-refractivity contribution in [3.63, 3.8) is 0 Å². The number of carbonyl (C=O) groups excluding carboxylic acids is 1. The second-order valence-electron chi connectivity index (χ2n) is 5.88. The van der Waals surface area contributed by atoms with Gasteiger partial charge in [0.2, 0.25) is 0 Å². The van der Waals surface area contributed by atoms with Gasteiger partial charge in [-0.05, 0) is 42.0 Å². The van der Waals surface area contributed by atoms with E-state index < -0.39 is 5.92 Å². The van der Waals surface area contributed by atoms with Gasteiger partial charge in [0.25, 0.3) is 0 Å². The third-order valence-electron chi connectivity index (χ3n) is 4.10. The van der Waals surface area contributed by atoms with E-state index in [2.05, 4.69) is 9.97 Å². The number of hydrogen-bond donors (Lipinski definition) is 0. The Morgan fingerprint density at radius 3 is 2.69 bits per heavy atom. The molecular formula is C21H20N2O2S. The Hall–Kier alpha value is -2.66. The molecule has 3 aromatic rings. The van der Waals surface area contributed by atoms with Crippen LogP contribution < -0.4 is 4.74 Å². The molecule has 1 atom stereocenters. The first-order valence-electron chi connectivity index (χ1n) is 8.30. The van der Waals surface area contributed by atoms with Gasteiger partial charge in [0, 0.05) is 6.20 Å². The number of hydrogen-bond acceptors (Lipinski definition) is 5. The lowest BCUT2D eigenvalue weighted by atomic mass is 9.95. The van der Waals surface area contributed by atoms with Gasteiger partial charge >= 0.3 is 0 Å². The van der Waals surface area contributed by atoms with E-state index in [1.165, 1.54) is 11.8 Å². The monoisotopic (exact) mass is 364 g/mol. The van der Waals surface area contributed by atoms with E-state index in [1.807, 2.05) is 61.7 Å². The van der Waals surface area contributed by atoms with Crippen LogP contribution in [0.25, 0.3) is 0 Å². The number of aryl methyl sites for hydroxylation is 1. The summed E-state index contributed by atoms with van der Waals surface area (Å²) in [6.07, 6.45) is 4.51. The molecule has 0 radical (unpaired) electrons. The third-order valence-corrected chi connectivity index (χ3v) is 4.66. The summed E-state index contributed by atoms with van der Waals surface area (Å²) in [4.78, 5) is 20.4. The Balaban J connectivity index is 1.85. The van der Waals surface area contributed by atoms with Crippen LogP contribution >= 0.6 is 11.8 Å². The maximum absolute atomic E-state index is 11.8. The third kappa shape index (κ3) is 4.29. The van der Waals surface area contributed by atoms with Gasteiger partial charge in [-0.3, -0.25) is 0 Å². The predicted molar refractivity (Wildman–Crippen MR) is 104 cm³/mol. The van der Waals surface area contributed by atoms with Crippen LogP contribution in [0.2, 0.25) is 0 Å². The average Bonchev–Trinajstić information content (AvgIpc) is 2.69. The van der Waals surface area contributed by atoms with Crippen molar-refractivity contribution in [3.05, 3.63) is 83.2 Å². The van der Waals surface area contributed by atoms with E-state index in [9.17, 15) is 4.79 Å². The van der Waals surface area contributed by atoms with Crippen molar-refractivity contribution in [2.45, 2.75) is 24.6 Å². The Morgan fingerprint density at radius 1 is 1.15 bits per heavy atom. The number of rotatable bonds is 7. The highest BCUT2D eigenvalue weighted by Crippen LogP contribution is 2.28. The minimum atomic E-state index is -0.441. The van der Waals surface area contributed by atoms with E-state index in [-0.39, 0.29) is 0 Å². The lowest BCUT2D eigenvalue weighted by Gasteiger charge is -2.15. The van der Waals surface area contributed by atoms with Crippen LogP contribution in [0.15, 0.2) is 66.0 Å². The van der Waals surface area contributed by atoms with Crippen LogP contribution in [-0.2, 0) is 11.4 Å². The predicted octanol–water partition coefficient (Wildman–Crippen LogP) is 4.42. The fourth-order valence-electron chi connectivity index (χ4n) is 2.65. The van der Waals surface area contributed by atoms with E-state index in [0.717, 1.165) is 28.7 Å². The minimum Gasteiger partial charge on any atom is -0.489 e. The maximum Gasteiger partial charge on any atom is 0.187 e. The summed E-state index contributed by atoms with van der Waals surface area (Å²) in [6, 6.07) is 17.6. The van der Waals surface area contributed by atoms with Gasteiger partial charge in [0.15, 0.2) is 5.16 Å². The number of carbonyl (C=O) groups is 1. The van der Waals surface area contributed by atoms with Crippen LogP contribution in [0, 0.1) is 6.92 Å². The summed E-state index contributed by atoms with van der Waals surface area (Å²) in [5.41, 5.74) is 3.68. The average molecular weight is 364 g/mol. The molecule has 0 saturated carbocycles. The molecule has 26 heavy (non-hydrogen) atoms. The molecule has 5 heteroatoms. The molecule has 1 unspecified atom stereocenters. The first-order chi connectivity index (χ1) is 12.7. The first kappa shape index (κ1) is 18.1. The van der Waals surface area contributed by atoms with Gasteiger partial charge in [-0.25, -0.2) is 9.97 Å². The van der Waals surface area contributed by atoms with Gasteiger partial charge in [0.05, 0.1) is 11.6 Å². The quantitative estimate of drug-likeness (QED) is 0.353. The summed E-state index contributed by atoms with van der Waals surface area (Å²) < 4.78 is 5.99. The number of benzene rings is 2. The van der Waals surface area contributed by atoms with Crippen molar-refractivity contribution in [2.75, 3.05) is 6.26 Å². The normalized spacial score (nSPS) is 11.8. The fourth-order valence-corrected chi connectivity index (χ4v) is 3.01. The van der Waals surface area contributed by atoms with Crippen LogP contribution in [0.5, 0.6) is 5.75 Å². The van der Waals surface area contributed by atoms with Gasteiger partial charge in [-0.15, -0.1) is 0 Å². The molecule has 0 saturated heterocycles. The van der Waals surface area contributed by atoms with Crippen LogP contribution in [0.1, 0.15) is 28.3 Å². The summed E-state index contributed by atoms with van der Waals surface area (Å²) in [5.74, 6) is 0.334. The molecule has 1 aromatic heterocycles. The second kappa shape index (κ2) is 8.63. The van der Waals surface area contributed by atoms with E-state index in [0.29, 0.717) is 17.5 Å². The molecule has 1 heterocycles. The number of aldehydes is 1. The molecular weight excluding hydrogens is 344 g/mol.